The van der Waals surface area contributed by atoms with Crippen molar-refractivity contribution in [2.45, 2.75) is 6.92 Å². The molecule has 0 unspecified atom stereocenters. The highest BCUT2D eigenvalue weighted by Crippen LogP contribution is 1.98. The van der Waals surface area contributed by atoms with E-state index in [1.54, 1.807) is 0 Å². The topological polar surface area (TPSA) is 43.1 Å². The van der Waals surface area contributed by atoms with Gasteiger partial charge in [-0.15, -0.1) is 11.8 Å². The van der Waals surface area contributed by atoms with Crippen LogP contribution in [0.1, 0.15) is 6.92 Å². The second-order valence-corrected chi connectivity index (χ2v) is 2.21. The first-order valence-electron chi connectivity index (χ1n) is 2.19. The summed E-state index contributed by atoms with van der Waals surface area (Å²) in [6, 6.07) is 0. The van der Waals surface area contributed by atoms with Crippen molar-refractivity contribution in [2.24, 2.45) is 0 Å². The molecule has 0 rings (SSSR count). The largest absolute Gasteiger partial charge is 0.259 e. The molecule has 0 spiro atoms. The Kier molecular flexibility index (Phi) is 4.35. The molecule has 8 heavy (non-hydrogen) atoms. The molecule has 0 aromatic rings. The number of thioether (sulfide) groups is 1. The average Bonchev–Trinajstić information content (AvgIpc) is 1.66. The number of nitro groups is 1. The van der Waals surface area contributed by atoms with Gasteiger partial charge < -0.3 is 0 Å². The quantitative estimate of drug-likeness (QED) is 0.432. The first-order valence-corrected chi connectivity index (χ1v) is 3.24. The van der Waals surface area contributed by atoms with Crippen LogP contribution in [0.2, 0.25) is 0 Å². The van der Waals surface area contributed by atoms with Gasteiger partial charge in [0.25, 0.3) is 0 Å². The van der Waals surface area contributed by atoms with E-state index >= 15 is 0 Å². The third kappa shape index (κ3) is 5.49. The second-order valence-electron chi connectivity index (χ2n) is 1.03. The molecule has 0 saturated heterocycles. The van der Waals surface area contributed by atoms with Crippen molar-refractivity contribution >= 4 is 11.8 Å². The molecule has 0 aliphatic carbocycles. The Balaban J connectivity index is 3.20. The predicted molar refractivity (Wildman–Crippen MR) is 34.3 cm³/mol. The summed E-state index contributed by atoms with van der Waals surface area (Å²) in [6.45, 7) is 1.94. The van der Waals surface area contributed by atoms with E-state index in [1.165, 1.54) is 17.2 Å². The molecule has 0 atom stereocenters. The summed E-state index contributed by atoms with van der Waals surface area (Å²) in [5.41, 5.74) is 0. The molecule has 0 aliphatic rings. The fourth-order valence-electron chi connectivity index (χ4n) is 0.189. The van der Waals surface area contributed by atoms with Crippen molar-refractivity contribution in [3.05, 3.63) is 21.7 Å². The van der Waals surface area contributed by atoms with E-state index in [9.17, 15) is 10.1 Å². The van der Waals surface area contributed by atoms with E-state index in [2.05, 4.69) is 0 Å². The Bertz CT molecular complexity index is 102. The van der Waals surface area contributed by atoms with Crippen LogP contribution in [0.25, 0.3) is 0 Å². The number of hydrogen-bond donors (Lipinski definition) is 0. The summed E-state index contributed by atoms with van der Waals surface area (Å²) < 4.78 is 0. The van der Waals surface area contributed by atoms with Crippen LogP contribution in [0.4, 0.5) is 0 Å². The maximum Gasteiger partial charge on any atom is 0.240 e. The third-order valence-electron chi connectivity index (χ3n) is 0.445. The van der Waals surface area contributed by atoms with E-state index in [0.717, 1.165) is 12.0 Å². The fourth-order valence-corrected chi connectivity index (χ4v) is 0.567. The molecule has 0 aliphatic heterocycles. The summed E-state index contributed by atoms with van der Waals surface area (Å²) in [5.74, 6) is 0.879. The summed E-state index contributed by atoms with van der Waals surface area (Å²) in [5, 5.41) is 11.1. The van der Waals surface area contributed by atoms with Gasteiger partial charge in [-0.05, 0) is 5.75 Å². The number of rotatable bonds is 3. The molecule has 46 valence electrons. The molecule has 0 aromatic carbocycles. The molecule has 0 bridgehead atoms. The minimum Gasteiger partial charge on any atom is -0.259 e. The van der Waals surface area contributed by atoms with Crippen LogP contribution >= 0.6 is 11.8 Å². The number of hydrogen-bond acceptors (Lipinski definition) is 3. The lowest BCUT2D eigenvalue weighted by Crippen LogP contribution is -1.80. The molecule has 0 aromatic heterocycles. The maximum absolute atomic E-state index is 9.58. The van der Waals surface area contributed by atoms with Gasteiger partial charge in [0.15, 0.2) is 0 Å². The first kappa shape index (κ1) is 7.49. The second kappa shape index (κ2) is 4.64. The van der Waals surface area contributed by atoms with Gasteiger partial charge in [0.2, 0.25) is 6.20 Å². The lowest BCUT2D eigenvalue weighted by molar-refractivity contribution is -0.402. The Morgan fingerprint density at radius 1 is 1.88 bits per heavy atom. The Labute approximate surface area is 51.9 Å². The van der Waals surface area contributed by atoms with Gasteiger partial charge in [-0.25, -0.2) is 0 Å². The maximum atomic E-state index is 9.58. The van der Waals surface area contributed by atoms with Gasteiger partial charge in [-0.2, -0.15) is 0 Å². The zero-order valence-corrected chi connectivity index (χ0v) is 5.35. The van der Waals surface area contributed by atoms with Crippen LogP contribution in [0.3, 0.4) is 0 Å². The first-order chi connectivity index (χ1) is 3.77. The normalized spacial score (nSPS) is 10.1. The molecule has 0 heterocycles. The molecule has 3 nitrogen and oxygen atoms in total. The van der Waals surface area contributed by atoms with Crippen molar-refractivity contribution in [3.8, 4) is 0 Å². The van der Waals surface area contributed by atoms with Crippen molar-refractivity contribution < 1.29 is 4.92 Å². The molecular weight excluding hydrogens is 126 g/mol. The molecular formula is C4H7NO2S. The fraction of sp³-hybridized carbons (Fsp3) is 0.500. The number of nitrogens with zero attached hydrogens (tertiary/aromatic N) is 1. The van der Waals surface area contributed by atoms with E-state index in [-0.39, 0.29) is 0 Å². The highest BCUT2D eigenvalue weighted by molar-refractivity contribution is 8.02. The van der Waals surface area contributed by atoms with E-state index in [0.29, 0.717) is 0 Å². The van der Waals surface area contributed by atoms with Crippen molar-refractivity contribution in [3.63, 3.8) is 0 Å². The predicted octanol–water partition coefficient (Wildman–Crippen LogP) is 1.49. The standard InChI is InChI=1S/C4H7NO2S/c1-2-8-4-3-5(6)7/h3-4H,2H2,1H3. The van der Waals surface area contributed by atoms with E-state index < -0.39 is 4.92 Å². The van der Waals surface area contributed by atoms with Crippen LogP contribution in [0, 0.1) is 10.1 Å². The van der Waals surface area contributed by atoms with Crippen LogP contribution in [0.5, 0.6) is 0 Å². The molecule has 0 amide bonds. The molecule has 4 heteroatoms. The van der Waals surface area contributed by atoms with Crippen molar-refractivity contribution in [2.75, 3.05) is 5.75 Å². The van der Waals surface area contributed by atoms with Gasteiger partial charge in [0.05, 0.1) is 4.92 Å². The van der Waals surface area contributed by atoms with Crippen LogP contribution in [0.15, 0.2) is 11.6 Å². The Hall–Kier alpha value is -0.510. The van der Waals surface area contributed by atoms with Crippen LogP contribution in [-0.4, -0.2) is 10.7 Å². The lowest BCUT2D eigenvalue weighted by atomic mass is 11.0. The minimum absolute atomic E-state index is 0.470. The minimum atomic E-state index is -0.470. The van der Waals surface area contributed by atoms with Gasteiger partial charge in [0, 0.05) is 5.41 Å². The molecule has 0 N–H and O–H groups in total. The van der Waals surface area contributed by atoms with Gasteiger partial charge in [-0.1, -0.05) is 6.92 Å². The molecule has 0 fully saturated rings. The SMILES string of the molecule is CCSC=C[N+](=O)[O-]. The smallest absolute Gasteiger partial charge is 0.240 e. The van der Waals surface area contributed by atoms with Gasteiger partial charge >= 0.3 is 0 Å². The molecule has 0 saturated carbocycles. The summed E-state index contributed by atoms with van der Waals surface area (Å²) in [6.07, 6.45) is 0.939. The van der Waals surface area contributed by atoms with E-state index in [4.69, 9.17) is 0 Å². The van der Waals surface area contributed by atoms with E-state index in [1.807, 2.05) is 6.92 Å². The zero-order chi connectivity index (χ0) is 6.41. The average molecular weight is 133 g/mol. The summed E-state index contributed by atoms with van der Waals surface area (Å²) in [7, 11) is 0. The zero-order valence-electron chi connectivity index (χ0n) is 4.53. The summed E-state index contributed by atoms with van der Waals surface area (Å²) >= 11 is 1.41. The van der Waals surface area contributed by atoms with Crippen LogP contribution < -0.4 is 0 Å². The Morgan fingerprint density at radius 2 is 2.50 bits per heavy atom. The van der Waals surface area contributed by atoms with Gasteiger partial charge in [0.1, 0.15) is 0 Å². The third-order valence-corrected chi connectivity index (χ3v) is 1.09. The highest BCUT2D eigenvalue weighted by atomic mass is 32.2. The Morgan fingerprint density at radius 3 is 2.88 bits per heavy atom. The van der Waals surface area contributed by atoms with Gasteiger partial charge in [-0.3, -0.25) is 10.1 Å². The summed E-state index contributed by atoms with van der Waals surface area (Å²) in [4.78, 5) is 9.11. The highest BCUT2D eigenvalue weighted by Gasteiger charge is 1.80. The van der Waals surface area contributed by atoms with Crippen LogP contribution in [-0.2, 0) is 0 Å². The lowest BCUT2D eigenvalue weighted by Gasteiger charge is -1.78. The van der Waals surface area contributed by atoms with Crippen molar-refractivity contribution in [1.29, 1.82) is 0 Å². The van der Waals surface area contributed by atoms with Crippen molar-refractivity contribution in [1.82, 2.24) is 0 Å². The molecule has 0 radical (unpaired) electrons. The monoisotopic (exact) mass is 133 g/mol.